The van der Waals surface area contributed by atoms with Gasteiger partial charge < -0.3 is 4.74 Å². The number of rotatable bonds is 12. The smallest absolute Gasteiger partial charge is 0.382 e. The van der Waals surface area contributed by atoms with Crippen LogP contribution in [0.3, 0.4) is 0 Å². The van der Waals surface area contributed by atoms with E-state index in [-0.39, 0.29) is 33.2 Å². The molecule has 4 rings (SSSR count). The Morgan fingerprint density at radius 1 is 0.294 bits per heavy atom. The second-order valence-corrected chi connectivity index (χ2v) is 12.6. The Bertz CT molecular complexity index is 1690. The zero-order valence-electron chi connectivity index (χ0n) is 24.4. The van der Waals surface area contributed by atoms with Crippen LogP contribution < -0.4 is 4.74 Å². The van der Waals surface area contributed by atoms with Crippen LogP contribution in [0.4, 0.5) is 70.2 Å². The molecule has 0 spiro atoms. The van der Waals surface area contributed by atoms with Crippen LogP contribution >= 0.6 is 31.9 Å². The molecule has 0 saturated carbocycles. The van der Waals surface area contributed by atoms with Gasteiger partial charge in [0.2, 0.25) is 0 Å². The molecule has 0 amide bonds. The fourth-order valence-electron chi connectivity index (χ4n) is 4.43. The summed E-state index contributed by atoms with van der Waals surface area (Å²) in [6.07, 6.45) is 0. The molecule has 0 radical (unpaired) electrons. The summed E-state index contributed by atoms with van der Waals surface area (Å²) in [6, 6.07) is 6.47. The molecule has 0 saturated heterocycles. The highest BCUT2D eigenvalue weighted by Crippen LogP contribution is 2.60. The van der Waals surface area contributed by atoms with Crippen LogP contribution in [0.2, 0.25) is 0 Å². The highest BCUT2D eigenvalue weighted by atomic mass is 79.9. The van der Waals surface area contributed by atoms with Crippen LogP contribution in [0.5, 0.6) is 11.5 Å². The van der Waals surface area contributed by atoms with Gasteiger partial charge in [-0.25, -0.2) is 0 Å². The van der Waals surface area contributed by atoms with Crippen LogP contribution in [0.15, 0.2) is 106 Å². The van der Waals surface area contributed by atoms with E-state index in [9.17, 15) is 70.2 Å². The minimum absolute atomic E-state index is 0.0772. The van der Waals surface area contributed by atoms with E-state index < -0.39 is 81.1 Å². The Morgan fingerprint density at radius 2 is 0.471 bits per heavy atom. The molecule has 0 unspecified atom stereocenters. The molecule has 0 aromatic heterocycles. The van der Waals surface area contributed by atoms with Crippen molar-refractivity contribution in [2.24, 2.45) is 0 Å². The molecule has 0 atom stereocenters. The number of halogens is 18. The lowest BCUT2D eigenvalue weighted by molar-refractivity contribution is -0.374. The molecule has 0 N–H and O–H groups in total. The van der Waals surface area contributed by atoms with E-state index in [1.807, 2.05) is 0 Å². The molecule has 0 heterocycles. The summed E-state index contributed by atoms with van der Waals surface area (Å²) in [7, 11) is 0. The van der Waals surface area contributed by atoms with Crippen molar-refractivity contribution in [3.8, 4) is 11.5 Å². The molecule has 4 aromatic rings. The zero-order chi connectivity index (χ0) is 38.6. The third-order valence-corrected chi connectivity index (χ3v) is 8.51. The maximum atomic E-state index is 14.8. The van der Waals surface area contributed by atoms with Gasteiger partial charge in [0.1, 0.15) is 11.5 Å². The molecule has 4 aromatic carbocycles. The number of hydrogen-bond donors (Lipinski definition) is 0. The highest BCUT2D eigenvalue weighted by molar-refractivity contribution is 9.10. The van der Waals surface area contributed by atoms with Gasteiger partial charge in [-0.05, 0) is 72.8 Å². The SMILES string of the molecule is FC(F)(c1ccc(Br)cc1)C(F)(F)C(F)(F)C(F)(F)c1ccc(Oc2ccc(C(F)(F)C(F)(F)C(F)(F)C(F)(F)c3ccc(Br)cc3)cc2)cc1. The van der Waals surface area contributed by atoms with E-state index >= 15 is 0 Å². The van der Waals surface area contributed by atoms with Crippen molar-refractivity contribution >= 4 is 31.9 Å². The Labute approximate surface area is 293 Å². The number of hydrogen-bond acceptors (Lipinski definition) is 1. The summed E-state index contributed by atoms with van der Waals surface area (Å²) in [5.74, 6) is -51.4. The summed E-state index contributed by atoms with van der Waals surface area (Å²) in [4.78, 5) is 0. The Morgan fingerprint density at radius 3 is 0.667 bits per heavy atom. The van der Waals surface area contributed by atoms with Crippen molar-refractivity contribution in [3.63, 3.8) is 0 Å². The lowest BCUT2D eigenvalue weighted by atomic mass is 9.90. The van der Waals surface area contributed by atoms with Crippen LogP contribution in [0.1, 0.15) is 22.3 Å². The first-order valence-electron chi connectivity index (χ1n) is 13.6. The lowest BCUT2D eigenvalue weighted by Gasteiger charge is -2.37. The van der Waals surface area contributed by atoms with Crippen LogP contribution in [-0.4, -0.2) is 23.7 Å². The molecule has 276 valence electrons. The van der Waals surface area contributed by atoms with Crippen molar-refractivity contribution in [2.75, 3.05) is 0 Å². The van der Waals surface area contributed by atoms with E-state index in [0.717, 1.165) is 24.3 Å². The van der Waals surface area contributed by atoms with Gasteiger partial charge in [-0.3, -0.25) is 0 Å². The first-order chi connectivity index (χ1) is 23.2. The van der Waals surface area contributed by atoms with E-state index in [2.05, 4.69) is 31.9 Å². The quantitative estimate of drug-likeness (QED) is 0.129. The van der Waals surface area contributed by atoms with Crippen molar-refractivity contribution < 1.29 is 75.0 Å². The van der Waals surface area contributed by atoms with Gasteiger partial charge in [0.05, 0.1) is 0 Å². The largest absolute Gasteiger partial charge is 0.457 e. The van der Waals surface area contributed by atoms with Crippen molar-refractivity contribution in [1.29, 1.82) is 0 Å². The average molecular weight is 880 g/mol. The molecule has 51 heavy (non-hydrogen) atoms. The molecular formula is C32H16Br2F16O. The molecular weight excluding hydrogens is 864 g/mol. The number of ether oxygens (including phenoxy) is 1. The fraction of sp³-hybridized carbons (Fsp3) is 0.250. The molecule has 1 nitrogen and oxygen atoms in total. The first-order valence-corrected chi connectivity index (χ1v) is 15.2. The summed E-state index contributed by atoms with van der Waals surface area (Å²) in [6.45, 7) is 0. The van der Waals surface area contributed by atoms with Crippen LogP contribution in [0.25, 0.3) is 0 Å². The monoisotopic (exact) mass is 878 g/mol. The Kier molecular flexibility index (Phi) is 10.4. The number of benzene rings is 4. The zero-order valence-corrected chi connectivity index (χ0v) is 27.6. The van der Waals surface area contributed by atoms with Gasteiger partial charge in [0.15, 0.2) is 0 Å². The standard InChI is InChI=1S/C32H16Br2F16O/c33-21-9-1-17(2-10-21)25(35,36)29(43,44)31(47,48)27(39,40)19-5-13-23(14-6-19)51-24-15-7-20(8-16-24)28(41,42)32(49,50)30(45,46)26(37,38)18-3-11-22(34)12-4-18/h1-16H. The van der Waals surface area contributed by atoms with Gasteiger partial charge in [0.25, 0.3) is 0 Å². The van der Waals surface area contributed by atoms with Gasteiger partial charge >= 0.3 is 47.4 Å². The van der Waals surface area contributed by atoms with Crippen molar-refractivity contribution in [2.45, 2.75) is 47.4 Å². The van der Waals surface area contributed by atoms with E-state index in [1.54, 1.807) is 0 Å². The molecule has 19 heteroatoms. The van der Waals surface area contributed by atoms with E-state index in [0.29, 0.717) is 48.5 Å². The summed E-state index contributed by atoms with van der Waals surface area (Å²) < 4.78 is 239. The highest BCUT2D eigenvalue weighted by Gasteiger charge is 2.82. The third kappa shape index (κ3) is 6.56. The summed E-state index contributed by atoms with van der Waals surface area (Å²) >= 11 is 5.63. The maximum absolute atomic E-state index is 14.8. The topological polar surface area (TPSA) is 9.23 Å². The van der Waals surface area contributed by atoms with Crippen LogP contribution in [-0.2, 0) is 23.7 Å². The lowest BCUT2D eigenvalue weighted by Crippen LogP contribution is -2.59. The van der Waals surface area contributed by atoms with E-state index in [1.165, 1.54) is 0 Å². The fourth-order valence-corrected chi connectivity index (χ4v) is 4.96. The second-order valence-electron chi connectivity index (χ2n) is 10.8. The molecule has 0 bridgehead atoms. The third-order valence-electron chi connectivity index (χ3n) is 7.45. The minimum atomic E-state index is -6.71. The second kappa shape index (κ2) is 13.2. The summed E-state index contributed by atoms with van der Waals surface area (Å²) in [5.41, 5.74) is -7.20. The van der Waals surface area contributed by atoms with Gasteiger partial charge in [-0.15, -0.1) is 0 Å². The predicted molar refractivity (Wildman–Crippen MR) is 157 cm³/mol. The molecule has 0 aliphatic heterocycles. The van der Waals surface area contributed by atoms with Crippen LogP contribution in [0, 0.1) is 0 Å². The maximum Gasteiger partial charge on any atom is 0.382 e. The van der Waals surface area contributed by atoms with Crippen molar-refractivity contribution in [3.05, 3.63) is 128 Å². The molecule has 0 fully saturated rings. The van der Waals surface area contributed by atoms with E-state index in [4.69, 9.17) is 4.74 Å². The number of alkyl halides is 16. The van der Waals surface area contributed by atoms with Gasteiger partial charge in [-0.1, -0.05) is 56.1 Å². The molecule has 0 aliphatic carbocycles. The Balaban J connectivity index is 1.54. The average Bonchev–Trinajstić information content (AvgIpc) is 3.05. The van der Waals surface area contributed by atoms with Gasteiger partial charge in [0, 0.05) is 31.2 Å². The predicted octanol–water partition coefficient (Wildman–Crippen LogP) is 13.3. The summed E-state index contributed by atoms with van der Waals surface area (Å²) in [5, 5.41) is 0. The normalized spacial score (nSPS) is 14.1. The Hall–Kier alpha value is -3.48. The molecule has 0 aliphatic rings. The van der Waals surface area contributed by atoms with Crippen molar-refractivity contribution in [1.82, 2.24) is 0 Å². The van der Waals surface area contributed by atoms with Gasteiger partial charge in [-0.2, -0.15) is 70.2 Å². The first kappa shape index (κ1) is 40.3. The minimum Gasteiger partial charge on any atom is -0.457 e.